The molecule has 6 nitrogen and oxygen atoms in total. The molecule has 88 valence electrons. The van der Waals surface area contributed by atoms with E-state index in [-0.39, 0.29) is 5.91 Å². The molecule has 0 radical (unpaired) electrons. The fourth-order valence-corrected chi connectivity index (χ4v) is 1.85. The number of hydrazine groups is 1. The zero-order valence-corrected chi connectivity index (χ0v) is 9.91. The lowest BCUT2D eigenvalue weighted by Gasteiger charge is -2.02. The lowest BCUT2D eigenvalue weighted by atomic mass is 10.3. The topological polar surface area (TPSA) is 92.9 Å². The Balaban J connectivity index is 2.09. The number of aryl methyl sites for hydroxylation is 1. The van der Waals surface area contributed by atoms with Crippen LogP contribution in [0.25, 0.3) is 0 Å². The lowest BCUT2D eigenvalue weighted by Crippen LogP contribution is -2.14. The average molecular weight is 249 g/mol. The molecule has 0 fully saturated rings. The summed E-state index contributed by atoms with van der Waals surface area (Å²) in [7, 11) is 0. The molecule has 0 aliphatic rings. The Morgan fingerprint density at radius 3 is 2.71 bits per heavy atom. The smallest absolute Gasteiger partial charge is 0.276 e. The maximum atomic E-state index is 11.8. The molecule has 4 N–H and O–H groups in total. The third kappa shape index (κ3) is 2.77. The normalized spacial score (nSPS) is 10.0. The van der Waals surface area contributed by atoms with E-state index in [1.807, 2.05) is 6.92 Å². The van der Waals surface area contributed by atoms with E-state index in [0.29, 0.717) is 16.5 Å². The van der Waals surface area contributed by atoms with Gasteiger partial charge in [0.05, 0.1) is 11.9 Å². The first-order valence-corrected chi connectivity index (χ1v) is 5.67. The maximum Gasteiger partial charge on any atom is 0.276 e. The molecular weight excluding hydrogens is 238 g/mol. The summed E-state index contributed by atoms with van der Waals surface area (Å²) >= 11 is 1.42. The number of thiazole rings is 1. The number of amides is 1. The van der Waals surface area contributed by atoms with Crippen LogP contribution in [-0.4, -0.2) is 15.9 Å². The van der Waals surface area contributed by atoms with Crippen LogP contribution in [-0.2, 0) is 0 Å². The predicted molar refractivity (Wildman–Crippen MR) is 66.9 cm³/mol. The Kier molecular flexibility index (Phi) is 3.31. The molecule has 0 saturated carbocycles. The number of pyridine rings is 1. The lowest BCUT2D eigenvalue weighted by molar-refractivity contribution is 0.102. The van der Waals surface area contributed by atoms with Crippen LogP contribution in [0, 0.1) is 6.92 Å². The maximum absolute atomic E-state index is 11.8. The predicted octanol–water partition coefficient (Wildman–Crippen LogP) is 1.38. The molecule has 2 heterocycles. The highest BCUT2D eigenvalue weighted by Gasteiger charge is 2.09. The number of nitrogens with zero attached hydrogens (tertiary/aromatic N) is 2. The first-order valence-electron chi connectivity index (χ1n) is 4.85. The summed E-state index contributed by atoms with van der Waals surface area (Å²) < 4.78 is 0. The second-order valence-corrected chi connectivity index (χ2v) is 4.54. The second kappa shape index (κ2) is 4.89. The summed E-state index contributed by atoms with van der Waals surface area (Å²) in [6.07, 6.45) is 3.19. The summed E-state index contributed by atoms with van der Waals surface area (Å²) in [6.45, 7) is 1.92. The number of nitrogen functional groups attached to an aromatic ring is 1. The second-order valence-electron chi connectivity index (χ2n) is 3.31. The number of carbonyl (C=O) groups is 1. The molecule has 2 aromatic rings. The third-order valence-corrected chi connectivity index (χ3v) is 2.83. The van der Waals surface area contributed by atoms with Gasteiger partial charge >= 0.3 is 0 Å². The van der Waals surface area contributed by atoms with Crippen LogP contribution in [0.15, 0.2) is 24.5 Å². The minimum Gasteiger partial charge on any atom is -0.323 e. The summed E-state index contributed by atoms with van der Waals surface area (Å²) in [5, 5.41) is 3.24. The van der Waals surface area contributed by atoms with Gasteiger partial charge in [-0.25, -0.2) is 9.97 Å². The largest absolute Gasteiger partial charge is 0.323 e. The Morgan fingerprint density at radius 1 is 1.35 bits per heavy atom. The SMILES string of the molecule is Cc1cnc(NC(=O)c2ccc(NN)cn2)s1. The van der Waals surface area contributed by atoms with Gasteiger partial charge in [-0.3, -0.25) is 16.0 Å². The molecule has 0 spiro atoms. The number of anilines is 2. The molecule has 0 atom stereocenters. The van der Waals surface area contributed by atoms with E-state index < -0.39 is 0 Å². The van der Waals surface area contributed by atoms with Gasteiger partial charge in [0.1, 0.15) is 5.69 Å². The van der Waals surface area contributed by atoms with E-state index in [0.717, 1.165) is 4.88 Å². The van der Waals surface area contributed by atoms with Crippen LogP contribution in [0.2, 0.25) is 0 Å². The molecule has 0 saturated heterocycles. The van der Waals surface area contributed by atoms with Gasteiger partial charge in [0.2, 0.25) is 0 Å². The van der Waals surface area contributed by atoms with Crippen molar-refractivity contribution in [1.82, 2.24) is 9.97 Å². The van der Waals surface area contributed by atoms with Gasteiger partial charge in [-0.1, -0.05) is 0 Å². The van der Waals surface area contributed by atoms with Crippen molar-refractivity contribution in [2.45, 2.75) is 6.92 Å². The standard InChI is InChI=1S/C10H11N5OS/c1-6-4-13-10(17-6)14-9(16)8-3-2-7(15-11)5-12-8/h2-5,15H,11H2,1H3,(H,13,14,16). The monoisotopic (exact) mass is 249 g/mol. The molecule has 0 unspecified atom stereocenters. The highest BCUT2D eigenvalue weighted by molar-refractivity contribution is 7.15. The molecule has 0 aromatic carbocycles. The molecule has 2 rings (SSSR count). The quantitative estimate of drug-likeness (QED) is 0.564. The number of hydrogen-bond acceptors (Lipinski definition) is 6. The van der Waals surface area contributed by atoms with Crippen molar-refractivity contribution < 1.29 is 4.79 Å². The van der Waals surface area contributed by atoms with Crippen molar-refractivity contribution in [3.8, 4) is 0 Å². The third-order valence-electron chi connectivity index (χ3n) is 2.00. The minimum absolute atomic E-state index is 0.289. The number of aromatic nitrogens is 2. The Hall–Kier alpha value is -1.99. The van der Waals surface area contributed by atoms with Gasteiger partial charge < -0.3 is 5.43 Å². The van der Waals surface area contributed by atoms with Crippen LogP contribution in [0.5, 0.6) is 0 Å². The van der Waals surface area contributed by atoms with Crippen LogP contribution in [0.3, 0.4) is 0 Å². The van der Waals surface area contributed by atoms with Crippen molar-refractivity contribution in [1.29, 1.82) is 0 Å². The van der Waals surface area contributed by atoms with Crippen LogP contribution in [0.1, 0.15) is 15.4 Å². The Labute approximate surface area is 102 Å². The highest BCUT2D eigenvalue weighted by atomic mass is 32.1. The van der Waals surface area contributed by atoms with Gasteiger partial charge in [-0.2, -0.15) is 0 Å². The average Bonchev–Trinajstić information content (AvgIpc) is 2.75. The molecule has 0 bridgehead atoms. The minimum atomic E-state index is -0.289. The van der Waals surface area contributed by atoms with E-state index in [1.165, 1.54) is 17.5 Å². The number of hydrogen-bond donors (Lipinski definition) is 3. The molecule has 0 aliphatic carbocycles. The summed E-state index contributed by atoms with van der Waals surface area (Å²) in [4.78, 5) is 20.8. The van der Waals surface area contributed by atoms with Crippen molar-refractivity contribution in [3.63, 3.8) is 0 Å². The molecular formula is C10H11N5OS. The Morgan fingerprint density at radius 2 is 2.18 bits per heavy atom. The summed E-state index contributed by atoms with van der Waals surface area (Å²) in [6, 6.07) is 3.26. The van der Waals surface area contributed by atoms with Gasteiger partial charge in [-0.05, 0) is 19.1 Å². The number of rotatable bonds is 3. The van der Waals surface area contributed by atoms with Crippen LogP contribution >= 0.6 is 11.3 Å². The van der Waals surface area contributed by atoms with Crippen molar-refractivity contribution >= 4 is 28.1 Å². The highest BCUT2D eigenvalue weighted by Crippen LogP contribution is 2.17. The molecule has 2 aromatic heterocycles. The van der Waals surface area contributed by atoms with Gasteiger partial charge in [0.15, 0.2) is 5.13 Å². The summed E-state index contributed by atoms with van der Waals surface area (Å²) in [5.74, 6) is 4.91. The summed E-state index contributed by atoms with van der Waals surface area (Å²) in [5.41, 5.74) is 3.40. The van der Waals surface area contributed by atoms with E-state index >= 15 is 0 Å². The zero-order valence-electron chi connectivity index (χ0n) is 9.10. The van der Waals surface area contributed by atoms with E-state index in [9.17, 15) is 4.79 Å². The van der Waals surface area contributed by atoms with Gasteiger partial charge in [-0.15, -0.1) is 11.3 Å². The van der Waals surface area contributed by atoms with E-state index in [2.05, 4.69) is 20.7 Å². The van der Waals surface area contributed by atoms with E-state index in [1.54, 1.807) is 18.3 Å². The van der Waals surface area contributed by atoms with Gasteiger partial charge in [0.25, 0.3) is 5.91 Å². The molecule has 0 aliphatic heterocycles. The van der Waals surface area contributed by atoms with Crippen LogP contribution < -0.4 is 16.6 Å². The van der Waals surface area contributed by atoms with Gasteiger partial charge in [0, 0.05) is 11.1 Å². The fraction of sp³-hybridized carbons (Fsp3) is 0.100. The number of nitrogens with two attached hydrogens (primary N) is 1. The first-order chi connectivity index (χ1) is 8.19. The number of nitrogens with one attached hydrogen (secondary N) is 2. The van der Waals surface area contributed by atoms with Crippen molar-refractivity contribution in [2.24, 2.45) is 5.84 Å². The van der Waals surface area contributed by atoms with Crippen molar-refractivity contribution in [2.75, 3.05) is 10.7 Å². The zero-order chi connectivity index (χ0) is 12.3. The Bertz CT molecular complexity index is 522. The fourth-order valence-electron chi connectivity index (χ4n) is 1.19. The molecule has 1 amide bonds. The number of carbonyl (C=O) groups excluding carboxylic acids is 1. The molecule has 17 heavy (non-hydrogen) atoms. The van der Waals surface area contributed by atoms with E-state index in [4.69, 9.17) is 5.84 Å². The van der Waals surface area contributed by atoms with Crippen LogP contribution in [0.4, 0.5) is 10.8 Å². The first kappa shape index (κ1) is 11.5. The molecule has 7 heteroatoms. The van der Waals surface area contributed by atoms with Crippen molar-refractivity contribution in [3.05, 3.63) is 35.1 Å².